The molecule has 0 saturated heterocycles. The predicted octanol–water partition coefficient (Wildman–Crippen LogP) is 0.605. The molecule has 120 valence electrons. The van der Waals surface area contributed by atoms with Crippen LogP contribution in [-0.2, 0) is 24.4 Å². The summed E-state index contributed by atoms with van der Waals surface area (Å²) in [6.45, 7) is 1.01. The van der Waals surface area contributed by atoms with Gasteiger partial charge in [-0.05, 0) is 18.6 Å². The van der Waals surface area contributed by atoms with Crippen molar-refractivity contribution in [3.63, 3.8) is 0 Å². The molecule has 0 heterocycles. The summed E-state index contributed by atoms with van der Waals surface area (Å²) in [5.41, 5.74) is 0.683. The summed E-state index contributed by atoms with van der Waals surface area (Å²) in [7, 11) is -5.85. The van der Waals surface area contributed by atoms with Gasteiger partial charge in [0, 0.05) is 6.07 Å². The van der Waals surface area contributed by atoms with Gasteiger partial charge in [-0.15, -0.1) is 0 Å². The van der Waals surface area contributed by atoms with Gasteiger partial charge in [-0.25, -0.2) is 12.6 Å². The minimum Gasteiger partial charge on any atom is -0.496 e. The van der Waals surface area contributed by atoms with Crippen LogP contribution in [0.5, 0.6) is 11.5 Å². The van der Waals surface area contributed by atoms with Gasteiger partial charge in [-0.1, -0.05) is 0 Å². The van der Waals surface area contributed by atoms with Crippen LogP contribution in [0.4, 0.5) is 0 Å². The lowest BCUT2D eigenvalue weighted by Gasteiger charge is -2.13. The van der Waals surface area contributed by atoms with Gasteiger partial charge >= 0.3 is 10.4 Å². The topological polar surface area (TPSA) is 116 Å². The fraction of sp³-hybridized carbons (Fsp3) is 0.455. The van der Waals surface area contributed by atoms with E-state index < -0.39 is 32.6 Å². The Bertz CT molecular complexity index is 706. The molecule has 0 atom stereocenters. The van der Waals surface area contributed by atoms with E-state index in [1.54, 1.807) is 6.92 Å². The van der Waals surface area contributed by atoms with Gasteiger partial charge in [-0.3, -0.25) is 4.55 Å². The summed E-state index contributed by atoms with van der Waals surface area (Å²) in [6, 6.07) is 2.78. The van der Waals surface area contributed by atoms with E-state index in [0.29, 0.717) is 11.3 Å². The standard InChI is InChI=1S/C11H16O8S2/c1-8-6-10(18-3)11(7-9(8)17-2)20(12,13)5-4-19-21(14,15)16/h6-7H,4-5H2,1-3H3,(H,14,15,16). The molecule has 0 spiro atoms. The van der Waals surface area contributed by atoms with Gasteiger partial charge < -0.3 is 9.47 Å². The van der Waals surface area contributed by atoms with E-state index in [9.17, 15) is 16.8 Å². The van der Waals surface area contributed by atoms with Crippen molar-refractivity contribution in [2.75, 3.05) is 26.6 Å². The molecule has 1 N–H and O–H groups in total. The second-order valence-electron chi connectivity index (χ2n) is 4.04. The molecule has 0 saturated carbocycles. The fourth-order valence-corrected chi connectivity index (χ4v) is 3.28. The largest absolute Gasteiger partial charge is 0.496 e. The Morgan fingerprint density at radius 1 is 1.05 bits per heavy atom. The van der Waals surface area contributed by atoms with E-state index in [-0.39, 0.29) is 10.6 Å². The van der Waals surface area contributed by atoms with Crippen molar-refractivity contribution >= 4 is 20.2 Å². The van der Waals surface area contributed by atoms with Crippen LogP contribution in [0.15, 0.2) is 17.0 Å². The Hall–Kier alpha value is -1.36. The third-order valence-corrected chi connectivity index (χ3v) is 4.76. The van der Waals surface area contributed by atoms with E-state index in [0.717, 1.165) is 0 Å². The second kappa shape index (κ2) is 6.60. The van der Waals surface area contributed by atoms with Gasteiger partial charge in [0.25, 0.3) is 0 Å². The van der Waals surface area contributed by atoms with E-state index in [1.165, 1.54) is 26.4 Å². The molecule has 21 heavy (non-hydrogen) atoms. The van der Waals surface area contributed by atoms with Crippen molar-refractivity contribution in [1.29, 1.82) is 0 Å². The van der Waals surface area contributed by atoms with Gasteiger partial charge in [0.1, 0.15) is 16.4 Å². The van der Waals surface area contributed by atoms with Gasteiger partial charge in [-0.2, -0.15) is 8.42 Å². The van der Waals surface area contributed by atoms with Gasteiger partial charge in [0.15, 0.2) is 9.84 Å². The third-order valence-electron chi connectivity index (χ3n) is 2.60. The average molecular weight is 340 g/mol. The molecule has 10 heteroatoms. The van der Waals surface area contributed by atoms with Crippen molar-refractivity contribution < 1.29 is 35.0 Å². The molecule has 0 bridgehead atoms. The molecule has 0 fully saturated rings. The van der Waals surface area contributed by atoms with Crippen LogP contribution < -0.4 is 9.47 Å². The maximum absolute atomic E-state index is 12.2. The van der Waals surface area contributed by atoms with E-state index in [4.69, 9.17) is 14.0 Å². The normalized spacial score (nSPS) is 12.2. The van der Waals surface area contributed by atoms with Crippen molar-refractivity contribution in [3.05, 3.63) is 17.7 Å². The summed E-state index contributed by atoms with van der Waals surface area (Å²) < 4.78 is 67.7. The summed E-state index contributed by atoms with van der Waals surface area (Å²) >= 11 is 0. The number of hydrogen-bond acceptors (Lipinski definition) is 7. The highest BCUT2D eigenvalue weighted by Crippen LogP contribution is 2.32. The molecule has 1 rings (SSSR count). The smallest absolute Gasteiger partial charge is 0.397 e. The lowest BCUT2D eigenvalue weighted by Crippen LogP contribution is -2.16. The fourth-order valence-electron chi connectivity index (χ4n) is 1.62. The van der Waals surface area contributed by atoms with Crippen LogP contribution in [0.2, 0.25) is 0 Å². The first kappa shape index (κ1) is 17.7. The highest BCUT2D eigenvalue weighted by Gasteiger charge is 2.22. The van der Waals surface area contributed by atoms with E-state index >= 15 is 0 Å². The SMILES string of the molecule is COc1cc(S(=O)(=O)CCOS(=O)(=O)O)c(OC)cc1C. The van der Waals surface area contributed by atoms with Crippen LogP contribution in [0.25, 0.3) is 0 Å². The summed E-state index contributed by atoms with van der Waals surface area (Å²) in [5.74, 6) is -0.180. The minimum atomic E-state index is -4.68. The lowest BCUT2D eigenvalue weighted by molar-refractivity contribution is 0.284. The van der Waals surface area contributed by atoms with Gasteiger partial charge in [0.2, 0.25) is 0 Å². The Labute approximate surface area is 123 Å². The first-order chi connectivity index (χ1) is 9.60. The molecule has 0 radical (unpaired) electrons. The summed E-state index contributed by atoms with van der Waals surface area (Å²) in [5, 5.41) is 0. The minimum absolute atomic E-state index is 0.111. The quantitative estimate of drug-likeness (QED) is 0.718. The monoisotopic (exact) mass is 340 g/mol. The van der Waals surface area contributed by atoms with Crippen LogP contribution in [0.3, 0.4) is 0 Å². The molecule has 0 amide bonds. The lowest BCUT2D eigenvalue weighted by atomic mass is 10.2. The predicted molar refractivity (Wildman–Crippen MR) is 73.8 cm³/mol. The number of aryl methyl sites for hydroxylation is 1. The number of methoxy groups -OCH3 is 2. The number of hydrogen-bond donors (Lipinski definition) is 1. The van der Waals surface area contributed by atoms with Crippen molar-refractivity contribution in [1.82, 2.24) is 0 Å². The maximum atomic E-state index is 12.2. The highest BCUT2D eigenvalue weighted by molar-refractivity contribution is 7.91. The molecular weight excluding hydrogens is 324 g/mol. The zero-order valence-corrected chi connectivity index (χ0v) is 13.3. The van der Waals surface area contributed by atoms with Crippen LogP contribution in [-0.4, -0.2) is 48.0 Å². The first-order valence-electron chi connectivity index (χ1n) is 5.68. The molecule has 0 aliphatic heterocycles. The third kappa shape index (κ3) is 4.84. The van der Waals surface area contributed by atoms with Crippen molar-refractivity contribution in [2.45, 2.75) is 11.8 Å². The molecule has 8 nitrogen and oxygen atoms in total. The van der Waals surface area contributed by atoms with Crippen molar-refractivity contribution in [2.24, 2.45) is 0 Å². The average Bonchev–Trinajstić information content (AvgIpc) is 2.36. The molecule has 1 aromatic carbocycles. The van der Waals surface area contributed by atoms with Crippen LogP contribution >= 0.6 is 0 Å². The van der Waals surface area contributed by atoms with E-state index in [2.05, 4.69) is 4.18 Å². The van der Waals surface area contributed by atoms with Crippen LogP contribution in [0.1, 0.15) is 5.56 Å². The Morgan fingerprint density at radius 2 is 1.62 bits per heavy atom. The molecule has 0 aliphatic carbocycles. The first-order valence-corrected chi connectivity index (χ1v) is 8.69. The Morgan fingerprint density at radius 3 is 2.10 bits per heavy atom. The van der Waals surface area contributed by atoms with Crippen molar-refractivity contribution in [3.8, 4) is 11.5 Å². The maximum Gasteiger partial charge on any atom is 0.397 e. The summed E-state index contributed by atoms with van der Waals surface area (Å²) in [4.78, 5) is -0.147. The zero-order chi connectivity index (χ0) is 16.3. The number of sulfone groups is 1. The second-order valence-corrected chi connectivity index (χ2v) is 7.21. The van der Waals surface area contributed by atoms with Gasteiger partial charge in [0.05, 0.1) is 26.6 Å². The molecule has 0 aliphatic rings. The number of benzene rings is 1. The Balaban J connectivity index is 3.12. The highest BCUT2D eigenvalue weighted by atomic mass is 32.3. The Kier molecular flexibility index (Phi) is 5.56. The summed E-state index contributed by atoms with van der Waals surface area (Å²) in [6.07, 6.45) is 0. The zero-order valence-electron chi connectivity index (χ0n) is 11.7. The number of rotatable bonds is 7. The molecular formula is C11H16O8S2. The molecule has 0 aromatic heterocycles. The molecule has 1 aromatic rings. The van der Waals surface area contributed by atoms with E-state index in [1.807, 2.05) is 0 Å². The van der Waals surface area contributed by atoms with Crippen LogP contribution in [0, 0.1) is 6.92 Å². The number of ether oxygens (including phenoxy) is 2. The molecule has 0 unspecified atom stereocenters.